The van der Waals surface area contributed by atoms with E-state index in [1.54, 1.807) is 0 Å². The average molecular weight is 362 g/mol. The molecule has 0 aliphatic heterocycles. The molecule has 1 aromatic rings. The van der Waals surface area contributed by atoms with Crippen molar-refractivity contribution in [2.45, 2.75) is 12.5 Å². The molecular formula is C13H16BrNO6. The molecule has 0 unspecified atom stereocenters. The molecule has 1 rings (SSSR count). The highest BCUT2D eigenvalue weighted by molar-refractivity contribution is 9.10. The highest BCUT2D eigenvalue weighted by atomic mass is 79.9. The summed E-state index contributed by atoms with van der Waals surface area (Å²) < 4.78 is 10.8. The number of carbonyl (C=O) groups is 2. The number of aliphatic hydroxyl groups is 1. The molecule has 0 fully saturated rings. The van der Waals surface area contributed by atoms with Crippen molar-refractivity contribution < 1.29 is 29.3 Å². The van der Waals surface area contributed by atoms with Gasteiger partial charge in [0.25, 0.3) is 5.91 Å². The number of carboxylic acid groups (broad SMARTS) is 1. The van der Waals surface area contributed by atoms with E-state index in [0.29, 0.717) is 16.0 Å². The lowest BCUT2D eigenvalue weighted by Crippen LogP contribution is -2.41. The minimum atomic E-state index is -1.21. The van der Waals surface area contributed by atoms with Crippen molar-refractivity contribution in [1.82, 2.24) is 5.32 Å². The summed E-state index contributed by atoms with van der Waals surface area (Å²) >= 11 is 3.27. The van der Waals surface area contributed by atoms with Gasteiger partial charge in [-0.05, 0) is 28.1 Å². The Labute approximate surface area is 130 Å². The number of aliphatic hydroxyl groups excluding tert-OH is 1. The molecule has 116 valence electrons. The minimum absolute atomic E-state index is 0.0775. The predicted molar refractivity (Wildman–Crippen MR) is 77.8 cm³/mol. The SMILES string of the molecule is COc1cc(C(=O)N[C@@H](CCO)C(=O)O)cc(OC)c1Br. The van der Waals surface area contributed by atoms with Crippen LogP contribution < -0.4 is 14.8 Å². The monoisotopic (exact) mass is 361 g/mol. The summed E-state index contributed by atoms with van der Waals surface area (Å²) in [7, 11) is 2.88. The molecule has 0 aromatic heterocycles. The first-order valence-corrected chi connectivity index (χ1v) is 6.80. The Morgan fingerprint density at radius 1 is 1.29 bits per heavy atom. The third-order valence-corrected chi connectivity index (χ3v) is 3.51. The van der Waals surface area contributed by atoms with Crippen LogP contribution in [0.1, 0.15) is 16.8 Å². The van der Waals surface area contributed by atoms with E-state index in [9.17, 15) is 9.59 Å². The molecule has 0 saturated carbocycles. The van der Waals surface area contributed by atoms with E-state index in [2.05, 4.69) is 21.2 Å². The Kier molecular flexibility index (Phi) is 6.44. The number of benzene rings is 1. The molecule has 0 heterocycles. The molecule has 0 spiro atoms. The van der Waals surface area contributed by atoms with Gasteiger partial charge >= 0.3 is 5.97 Å². The van der Waals surface area contributed by atoms with E-state index in [1.807, 2.05) is 0 Å². The summed E-state index contributed by atoms with van der Waals surface area (Å²) in [4.78, 5) is 23.1. The number of rotatable bonds is 7. The van der Waals surface area contributed by atoms with Crippen LogP contribution in [0.4, 0.5) is 0 Å². The maximum absolute atomic E-state index is 12.1. The predicted octanol–water partition coefficient (Wildman–Crippen LogP) is 1.03. The zero-order valence-electron chi connectivity index (χ0n) is 11.6. The van der Waals surface area contributed by atoms with Crippen molar-refractivity contribution in [3.8, 4) is 11.5 Å². The van der Waals surface area contributed by atoms with Gasteiger partial charge in [0, 0.05) is 18.6 Å². The molecule has 1 aromatic carbocycles. The van der Waals surface area contributed by atoms with Gasteiger partial charge < -0.3 is 25.0 Å². The molecular weight excluding hydrogens is 346 g/mol. The maximum atomic E-state index is 12.1. The molecule has 0 aliphatic rings. The first kappa shape index (κ1) is 17.3. The van der Waals surface area contributed by atoms with E-state index < -0.39 is 17.9 Å². The summed E-state index contributed by atoms with van der Waals surface area (Å²) in [6.45, 7) is -0.343. The van der Waals surface area contributed by atoms with Gasteiger partial charge in [0.15, 0.2) is 0 Å². The molecule has 1 atom stereocenters. The number of amides is 1. The molecule has 21 heavy (non-hydrogen) atoms. The van der Waals surface area contributed by atoms with E-state index in [-0.39, 0.29) is 18.6 Å². The summed E-state index contributed by atoms with van der Waals surface area (Å²) in [5.74, 6) is -1.05. The van der Waals surface area contributed by atoms with Gasteiger partial charge in [-0.3, -0.25) is 4.79 Å². The molecule has 7 nitrogen and oxygen atoms in total. The van der Waals surface area contributed by atoms with Crippen LogP contribution in [0.2, 0.25) is 0 Å². The van der Waals surface area contributed by atoms with Crippen LogP contribution in [-0.4, -0.2) is 49.0 Å². The van der Waals surface area contributed by atoms with Gasteiger partial charge in [-0.1, -0.05) is 0 Å². The fraction of sp³-hybridized carbons (Fsp3) is 0.385. The number of methoxy groups -OCH3 is 2. The fourth-order valence-corrected chi connectivity index (χ4v) is 2.18. The summed E-state index contributed by atoms with van der Waals surface area (Å²) in [6.07, 6.45) is -0.0775. The molecule has 0 radical (unpaired) electrons. The third kappa shape index (κ3) is 4.33. The van der Waals surface area contributed by atoms with E-state index in [1.165, 1.54) is 26.4 Å². The summed E-state index contributed by atoms with van der Waals surface area (Å²) in [6, 6.07) is 1.75. The Balaban J connectivity index is 3.04. The van der Waals surface area contributed by atoms with E-state index >= 15 is 0 Å². The first-order chi connectivity index (χ1) is 9.94. The Hall–Kier alpha value is -1.80. The zero-order valence-corrected chi connectivity index (χ0v) is 13.1. The van der Waals surface area contributed by atoms with Crippen LogP contribution in [0.5, 0.6) is 11.5 Å². The lowest BCUT2D eigenvalue weighted by atomic mass is 10.1. The second kappa shape index (κ2) is 7.84. The van der Waals surface area contributed by atoms with Crippen LogP contribution in [0.15, 0.2) is 16.6 Å². The quantitative estimate of drug-likeness (QED) is 0.669. The van der Waals surface area contributed by atoms with E-state index in [0.717, 1.165) is 0 Å². The van der Waals surface area contributed by atoms with Crippen LogP contribution in [0.3, 0.4) is 0 Å². The van der Waals surface area contributed by atoms with Crippen LogP contribution in [0.25, 0.3) is 0 Å². The van der Waals surface area contributed by atoms with Gasteiger partial charge in [-0.25, -0.2) is 4.79 Å². The average Bonchev–Trinajstić information content (AvgIpc) is 2.46. The number of aliphatic carboxylic acids is 1. The number of ether oxygens (including phenoxy) is 2. The van der Waals surface area contributed by atoms with Crippen molar-refractivity contribution >= 4 is 27.8 Å². The molecule has 0 aliphatic carbocycles. The van der Waals surface area contributed by atoms with Gasteiger partial charge in [-0.15, -0.1) is 0 Å². The number of carbonyl (C=O) groups excluding carboxylic acids is 1. The largest absolute Gasteiger partial charge is 0.495 e. The minimum Gasteiger partial charge on any atom is -0.495 e. The van der Waals surface area contributed by atoms with Crippen molar-refractivity contribution in [2.75, 3.05) is 20.8 Å². The number of hydrogen-bond acceptors (Lipinski definition) is 5. The van der Waals surface area contributed by atoms with Gasteiger partial charge in [0.2, 0.25) is 0 Å². The van der Waals surface area contributed by atoms with Crippen molar-refractivity contribution in [3.63, 3.8) is 0 Å². The molecule has 3 N–H and O–H groups in total. The summed E-state index contributed by atoms with van der Waals surface area (Å²) in [5, 5.41) is 20.1. The Morgan fingerprint density at radius 2 is 1.81 bits per heavy atom. The number of carboxylic acids is 1. The number of halogens is 1. The molecule has 0 bridgehead atoms. The van der Waals surface area contributed by atoms with Crippen LogP contribution in [0, 0.1) is 0 Å². The van der Waals surface area contributed by atoms with Crippen molar-refractivity contribution in [3.05, 3.63) is 22.2 Å². The van der Waals surface area contributed by atoms with Crippen molar-refractivity contribution in [2.24, 2.45) is 0 Å². The Morgan fingerprint density at radius 3 is 2.19 bits per heavy atom. The molecule has 0 saturated heterocycles. The standard InChI is InChI=1S/C13H16BrNO6/c1-20-9-5-7(6-10(21-2)11(9)14)12(17)15-8(3-4-16)13(18)19/h5-6,8,16H,3-4H2,1-2H3,(H,15,17)(H,18,19)/t8-/m0/s1. The maximum Gasteiger partial charge on any atom is 0.326 e. The number of hydrogen-bond donors (Lipinski definition) is 3. The Bertz CT molecular complexity index is 508. The zero-order chi connectivity index (χ0) is 16.0. The highest BCUT2D eigenvalue weighted by Gasteiger charge is 2.21. The second-order valence-electron chi connectivity index (χ2n) is 4.07. The highest BCUT2D eigenvalue weighted by Crippen LogP contribution is 2.35. The van der Waals surface area contributed by atoms with Gasteiger partial charge in [0.05, 0.1) is 14.2 Å². The fourth-order valence-electron chi connectivity index (χ4n) is 1.63. The third-order valence-electron chi connectivity index (χ3n) is 2.73. The van der Waals surface area contributed by atoms with Gasteiger partial charge in [-0.2, -0.15) is 0 Å². The lowest BCUT2D eigenvalue weighted by molar-refractivity contribution is -0.139. The topological polar surface area (TPSA) is 105 Å². The molecule has 8 heteroatoms. The van der Waals surface area contributed by atoms with Gasteiger partial charge in [0.1, 0.15) is 22.0 Å². The molecule has 1 amide bonds. The van der Waals surface area contributed by atoms with Crippen molar-refractivity contribution in [1.29, 1.82) is 0 Å². The first-order valence-electron chi connectivity index (χ1n) is 6.00. The summed E-state index contributed by atoms with van der Waals surface area (Å²) in [5.41, 5.74) is 0.191. The lowest BCUT2D eigenvalue weighted by Gasteiger charge is -2.15. The number of nitrogens with one attached hydrogen (secondary N) is 1. The second-order valence-corrected chi connectivity index (χ2v) is 4.86. The van der Waals surface area contributed by atoms with E-state index in [4.69, 9.17) is 19.7 Å². The van der Waals surface area contributed by atoms with Crippen LogP contribution >= 0.6 is 15.9 Å². The smallest absolute Gasteiger partial charge is 0.326 e. The normalized spacial score (nSPS) is 11.6. The van der Waals surface area contributed by atoms with Crippen LogP contribution in [-0.2, 0) is 4.79 Å².